The van der Waals surface area contributed by atoms with Crippen molar-refractivity contribution in [2.24, 2.45) is 0 Å². The third kappa shape index (κ3) is 4.48. The fourth-order valence-corrected chi connectivity index (χ4v) is 1.28. The van der Waals surface area contributed by atoms with E-state index in [0.29, 0.717) is 0 Å². The average molecular weight is 188 g/mol. The number of thiophene rings is 1. The van der Waals surface area contributed by atoms with E-state index in [1.165, 1.54) is 0 Å². The first-order valence-corrected chi connectivity index (χ1v) is 4.89. The number of benzene rings is 1. The van der Waals surface area contributed by atoms with Crippen molar-refractivity contribution in [3.8, 4) is 0 Å². The molecule has 0 saturated carbocycles. The van der Waals surface area contributed by atoms with Crippen molar-refractivity contribution in [3.05, 3.63) is 72.1 Å². The number of hydrogen-bond donors (Lipinski definition) is 0. The van der Waals surface area contributed by atoms with Crippen molar-refractivity contribution in [1.29, 1.82) is 0 Å². The van der Waals surface area contributed by atoms with Crippen LogP contribution in [-0.4, -0.2) is 0 Å². The van der Waals surface area contributed by atoms with Gasteiger partial charge < -0.3 is 0 Å². The minimum Gasteiger partial charge on any atom is -0.149 e. The van der Waals surface area contributed by atoms with Crippen molar-refractivity contribution in [2.45, 2.75) is 0 Å². The van der Waals surface area contributed by atoms with Crippen LogP contribution in [0.4, 0.5) is 0 Å². The van der Waals surface area contributed by atoms with Crippen LogP contribution in [0.15, 0.2) is 47.8 Å². The molecule has 0 nitrogen and oxygen atoms in total. The Bertz CT molecular complexity index is 308. The van der Waals surface area contributed by atoms with Gasteiger partial charge in [-0.3, -0.25) is 0 Å². The van der Waals surface area contributed by atoms with E-state index in [1.54, 1.807) is 11.3 Å². The molecular weight excluding hydrogens is 176 g/mol. The molecule has 1 aromatic heterocycles. The molecule has 2 radical (unpaired) electrons. The second-order valence-corrected chi connectivity index (χ2v) is 3.60. The predicted molar refractivity (Wildman–Crippen MR) is 59.7 cm³/mol. The largest absolute Gasteiger partial charge is 0.149 e. The van der Waals surface area contributed by atoms with Crippen molar-refractivity contribution in [2.75, 3.05) is 0 Å². The lowest BCUT2D eigenvalue weighted by molar-refractivity contribution is 1.62. The normalized spacial score (nSPS) is 8.77. The predicted octanol–water partition coefficient (Wildman–Crippen LogP) is 3.80. The Morgan fingerprint density at radius 1 is 0.846 bits per heavy atom. The van der Waals surface area contributed by atoms with E-state index in [0.717, 1.165) is 10.4 Å². The van der Waals surface area contributed by atoms with Gasteiger partial charge in [0.05, 0.1) is 0 Å². The summed E-state index contributed by atoms with van der Waals surface area (Å²) in [6.07, 6.45) is 0. The molecule has 0 saturated heterocycles. The monoisotopic (exact) mass is 188 g/mol. The van der Waals surface area contributed by atoms with Gasteiger partial charge in [-0.1, -0.05) is 36.4 Å². The Morgan fingerprint density at radius 3 is 1.77 bits per heavy atom. The van der Waals surface area contributed by atoms with Crippen molar-refractivity contribution in [1.82, 2.24) is 0 Å². The molecule has 66 valence electrons. The van der Waals surface area contributed by atoms with Gasteiger partial charge in [0, 0.05) is 4.88 Å². The van der Waals surface area contributed by atoms with Crippen LogP contribution in [0.1, 0.15) is 10.4 Å². The quantitative estimate of drug-likeness (QED) is 0.590. The molecule has 2 rings (SSSR count). The highest BCUT2D eigenvalue weighted by Gasteiger charge is 1.75. The van der Waals surface area contributed by atoms with Crippen LogP contribution in [0.2, 0.25) is 0 Å². The highest BCUT2D eigenvalue weighted by Crippen LogP contribution is 2.03. The fraction of sp³-hybridized carbons (Fsp3) is 0. The summed E-state index contributed by atoms with van der Waals surface area (Å²) < 4.78 is 0. The summed E-state index contributed by atoms with van der Waals surface area (Å²) >= 11 is 1.67. The molecule has 0 fully saturated rings. The van der Waals surface area contributed by atoms with Gasteiger partial charge in [-0.2, -0.15) is 0 Å². The SMILES string of the molecule is [CH2]c1ccccc1.[CH2]c1cccs1. The summed E-state index contributed by atoms with van der Waals surface area (Å²) in [5.74, 6) is 0. The van der Waals surface area contributed by atoms with Crippen LogP contribution >= 0.6 is 11.3 Å². The van der Waals surface area contributed by atoms with Gasteiger partial charge in [0.15, 0.2) is 0 Å². The zero-order chi connectivity index (χ0) is 9.52. The molecule has 0 N–H and O–H groups in total. The van der Waals surface area contributed by atoms with Crippen LogP contribution < -0.4 is 0 Å². The van der Waals surface area contributed by atoms with Crippen molar-refractivity contribution >= 4 is 11.3 Å². The first kappa shape index (κ1) is 10.0. The summed E-state index contributed by atoms with van der Waals surface area (Å²) in [5, 5.41) is 2.02. The topological polar surface area (TPSA) is 0 Å². The van der Waals surface area contributed by atoms with Gasteiger partial charge >= 0.3 is 0 Å². The van der Waals surface area contributed by atoms with E-state index in [9.17, 15) is 0 Å². The lowest BCUT2D eigenvalue weighted by Gasteiger charge is -1.82. The van der Waals surface area contributed by atoms with E-state index in [-0.39, 0.29) is 0 Å². The molecule has 0 amide bonds. The molecule has 0 aliphatic rings. The van der Waals surface area contributed by atoms with Gasteiger partial charge in [0.1, 0.15) is 0 Å². The van der Waals surface area contributed by atoms with Gasteiger partial charge in [0.25, 0.3) is 0 Å². The zero-order valence-corrected chi connectivity index (χ0v) is 8.26. The van der Waals surface area contributed by atoms with Crippen molar-refractivity contribution in [3.63, 3.8) is 0 Å². The maximum Gasteiger partial charge on any atom is 0.00488 e. The molecule has 0 spiro atoms. The van der Waals surface area contributed by atoms with E-state index < -0.39 is 0 Å². The molecule has 0 atom stereocenters. The minimum absolute atomic E-state index is 1.07. The maximum atomic E-state index is 3.72. The molecule has 0 bridgehead atoms. The first-order chi connectivity index (χ1) is 6.29. The van der Waals surface area contributed by atoms with Gasteiger partial charge in [-0.15, -0.1) is 11.3 Å². The summed E-state index contributed by atoms with van der Waals surface area (Å²) in [5.41, 5.74) is 1.07. The zero-order valence-electron chi connectivity index (χ0n) is 7.44. The highest BCUT2D eigenvalue weighted by molar-refractivity contribution is 7.10. The average Bonchev–Trinajstić information content (AvgIpc) is 2.58. The second kappa shape index (κ2) is 5.55. The molecule has 0 aliphatic carbocycles. The Kier molecular flexibility index (Phi) is 4.27. The van der Waals surface area contributed by atoms with Crippen molar-refractivity contribution < 1.29 is 0 Å². The van der Waals surface area contributed by atoms with E-state index in [1.807, 2.05) is 47.8 Å². The third-order valence-corrected chi connectivity index (χ3v) is 2.15. The van der Waals surface area contributed by atoms with E-state index >= 15 is 0 Å². The summed E-state index contributed by atoms with van der Waals surface area (Å²) in [7, 11) is 0. The fourth-order valence-electron chi connectivity index (χ4n) is 0.791. The minimum atomic E-state index is 1.07. The Hall–Kier alpha value is -1.08. The molecule has 1 aromatic carbocycles. The van der Waals surface area contributed by atoms with Gasteiger partial charge in [-0.25, -0.2) is 0 Å². The maximum absolute atomic E-state index is 3.72. The lowest BCUT2D eigenvalue weighted by Crippen LogP contribution is -1.62. The summed E-state index contributed by atoms with van der Waals surface area (Å²) in [6.45, 7) is 7.42. The van der Waals surface area contributed by atoms with Crippen LogP contribution in [0.3, 0.4) is 0 Å². The molecule has 13 heavy (non-hydrogen) atoms. The molecule has 2 aromatic rings. The molecule has 0 aliphatic heterocycles. The standard InChI is InChI=1S/C7H7.C5H5S/c1-7-5-3-2-4-6-7;1-5-3-2-4-6-5/h2-6H,1H2;2-4H,1H2. The van der Waals surface area contributed by atoms with E-state index in [2.05, 4.69) is 13.8 Å². The number of hydrogen-bond acceptors (Lipinski definition) is 1. The van der Waals surface area contributed by atoms with E-state index in [4.69, 9.17) is 0 Å². The van der Waals surface area contributed by atoms with Crippen LogP contribution in [0.25, 0.3) is 0 Å². The third-order valence-electron chi connectivity index (χ3n) is 1.42. The van der Waals surface area contributed by atoms with Crippen LogP contribution in [0.5, 0.6) is 0 Å². The second-order valence-electron chi connectivity index (χ2n) is 2.56. The lowest BCUT2D eigenvalue weighted by atomic mass is 10.2. The van der Waals surface area contributed by atoms with Gasteiger partial charge in [-0.05, 0) is 30.9 Å². The van der Waals surface area contributed by atoms with Crippen LogP contribution in [-0.2, 0) is 0 Å². The molecule has 1 heteroatoms. The first-order valence-electron chi connectivity index (χ1n) is 4.01. The highest BCUT2D eigenvalue weighted by atomic mass is 32.1. The van der Waals surface area contributed by atoms with Crippen LogP contribution in [0, 0.1) is 13.8 Å². The Labute approximate surface area is 83.9 Å². The molecule has 1 heterocycles. The number of rotatable bonds is 0. The van der Waals surface area contributed by atoms with Gasteiger partial charge in [0.2, 0.25) is 0 Å². The molecule has 0 unspecified atom stereocenters. The Morgan fingerprint density at radius 2 is 1.54 bits per heavy atom. The Balaban J connectivity index is 0.000000132. The molecular formula is C12H12S. The summed E-state index contributed by atoms with van der Waals surface area (Å²) in [6, 6.07) is 13.9. The smallest absolute Gasteiger partial charge is 0.00488 e. The summed E-state index contributed by atoms with van der Waals surface area (Å²) in [4.78, 5) is 1.13.